The van der Waals surface area contributed by atoms with Crippen LogP contribution in [0.4, 0.5) is 15.3 Å². The van der Waals surface area contributed by atoms with E-state index in [1.807, 2.05) is 0 Å². The predicted molar refractivity (Wildman–Crippen MR) is 109 cm³/mol. The lowest BCUT2D eigenvalue weighted by molar-refractivity contribution is -0.153. The van der Waals surface area contributed by atoms with Gasteiger partial charge in [0.1, 0.15) is 5.60 Å². The molecule has 31 heavy (non-hydrogen) atoms. The van der Waals surface area contributed by atoms with Crippen molar-refractivity contribution in [3.8, 4) is 0 Å². The molecule has 0 unspecified atom stereocenters. The lowest BCUT2D eigenvalue weighted by atomic mass is 10.1. The zero-order valence-electron chi connectivity index (χ0n) is 17.8. The second-order valence-electron chi connectivity index (χ2n) is 7.81. The van der Waals surface area contributed by atoms with Crippen LogP contribution in [-0.4, -0.2) is 70.0 Å². The Hall–Kier alpha value is -3.63. The van der Waals surface area contributed by atoms with Crippen LogP contribution in [0.5, 0.6) is 0 Å². The van der Waals surface area contributed by atoms with E-state index >= 15 is 0 Å². The van der Waals surface area contributed by atoms with Crippen molar-refractivity contribution in [2.24, 2.45) is 0 Å². The van der Waals surface area contributed by atoms with Gasteiger partial charge in [0.05, 0.1) is 0 Å². The van der Waals surface area contributed by atoms with Gasteiger partial charge in [-0.25, -0.2) is 14.4 Å². The zero-order valence-corrected chi connectivity index (χ0v) is 17.8. The number of rotatable bonds is 5. The summed E-state index contributed by atoms with van der Waals surface area (Å²) < 4.78 is 5.14. The molecule has 168 valence electrons. The van der Waals surface area contributed by atoms with E-state index in [1.165, 1.54) is 29.2 Å². The van der Waals surface area contributed by atoms with Gasteiger partial charge in [0, 0.05) is 25.3 Å². The number of hydrogen-bond donors (Lipinski definition) is 3. The first kappa shape index (κ1) is 23.6. The molecule has 1 heterocycles. The minimum absolute atomic E-state index is 0.0324. The summed E-state index contributed by atoms with van der Waals surface area (Å²) in [6, 6.07) is 3.29. The first-order valence-corrected chi connectivity index (χ1v) is 9.67. The SMILES string of the molecule is CCN1CCN(C(=O)N[C@@H](C(=O)O)c2ccc(NC(=O)OC(C)(C)C)cc2)C(=O)C1=O. The molecule has 1 aromatic carbocycles. The predicted octanol–water partition coefficient (Wildman–Crippen LogP) is 1.56. The van der Waals surface area contributed by atoms with Crippen molar-refractivity contribution in [3.05, 3.63) is 29.8 Å². The Morgan fingerprint density at radius 2 is 1.71 bits per heavy atom. The summed E-state index contributed by atoms with van der Waals surface area (Å²) in [4.78, 5) is 62.1. The summed E-state index contributed by atoms with van der Waals surface area (Å²) in [5.41, 5.74) is -0.101. The topological polar surface area (TPSA) is 145 Å². The monoisotopic (exact) mass is 434 g/mol. The van der Waals surface area contributed by atoms with Crippen LogP contribution in [0.1, 0.15) is 39.3 Å². The first-order chi connectivity index (χ1) is 14.4. The number of ether oxygens (including phenoxy) is 1. The van der Waals surface area contributed by atoms with Crippen molar-refractivity contribution in [3.63, 3.8) is 0 Å². The van der Waals surface area contributed by atoms with E-state index in [0.717, 1.165) is 0 Å². The Labute approximate surface area is 179 Å². The van der Waals surface area contributed by atoms with E-state index in [9.17, 15) is 29.1 Å². The van der Waals surface area contributed by atoms with Crippen molar-refractivity contribution in [2.45, 2.75) is 39.3 Å². The van der Waals surface area contributed by atoms with Crippen molar-refractivity contribution < 1.29 is 33.8 Å². The number of benzene rings is 1. The van der Waals surface area contributed by atoms with Crippen LogP contribution in [0.25, 0.3) is 0 Å². The van der Waals surface area contributed by atoms with Gasteiger partial charge in [-0.3, -0.25) is 19.8 Å². The van der Waals surface area contributed by atoms with Gasteiger partial charge in [0.15, 0.2) is 6.04 Å². The smallest absolute Gasteiger partial charge is 0.412 e. The fraction of sp³-hybridized carbons (Fsp3) is 0.450. The molecular weight excluding hydrogens is 408 g/mol. The van der Waals surface area contributed by atoms with E-state index in [0.29, 0.717) is 17.1 Å². The minimum Gasteiger partial charge on any atom is -0.479 e. The van der Waals surface area contributed by atoms with Crippen LogP contribution in [0.15, 0.2) is 24.3 Å². The molecule has 1 aliphatic heterocycles. The highest BCUT2D eigenvalue weighted by molar-refractivity contribution is 6.38. The average Bonchev–Trinajstić information content (AvgIpc) is 2.67. The molecule has 1 aliphatic rings. The van der Waals surface area contributed by atoms with Gasteiger partial charge in [-0.05, 0) is 45.4 Å². The Morgan fingerprint density at radius 1 is 1.10 bits per heavy atom. The molecule has 0 spiro atoms. The number of carbonyl (C=O) groups excluding carboxylic acids is 4. The molecule has 0 aromatic heterocycles. The molecule has 0 aliphatic carbocycles. The molecule has 1 saturated heterocycles. The van der Waals surface area contributed by atoms with Gasteiger partial charge in [-0.2, -0.15) is 0 Å². The highest BCUT2D eigenvalue weighted by Gasteiger charge is 2.37. The second kappa shape index (κ2) is 9.45. The number of carboxylic acid groups (broad SMARTS) is 1. The van der Waals surface area contributed by atoms with E-state index in [4.69, 9.17) is 4.74 Å². The van der Waals surface area contributed by atoms with Crippen molar-refractivity contribution in [2.75, 3.05) is 25.0 Å². The largest absolute Gasteiger partial charge is 0.479 e. The number of hydrogen-bond acceptors (Lipinski definition) is 6. The van der Waals surface area contributed by atoms with E-state index in [2.05, 4.69) is 10.6 Å². The summed E-state index contributed by atoms with van der Waals surface area (Å²) in [6.45, 7) is 7.35. The van der Waals surface area contributed by atoms with Gasteiger partial charge in [-0.15, -0.1) is 0 Å². The lowest BCUT2D eigenvalue weighted by Crippen LogP contribution is -2.58. The highest BCUT2D eigenvalue weighted by Crippen LogP contribution is 2.19. The molecule has 1 fully saturated rings. The average molecular weight is 434 g/mol. The quantitative estimate of drug-likeness (QED) is 0.596. The summed E-state index contributed by atoms with van der Waals surface area (Å²) in [5, 5.41) is 14.3. The third kappa shape index (κ3) is 6.17. The number of nitrogens with one attached hydrogen (secondary N) is 2. The highest BCUT2D eigenvalue weighted by atomic mass is 16.6. The van der Waals surface area contributed by atoms with Gasteiger partial charge in [0.2, 0.25) is 0 Å². The van der Waals surface area contributed by atoms with E-state index in [-0.39, 0.29) is 18.7 Å². The van der Waals surface area contributed by atoms with Crippen LogP contribution in [0, 0.1) is 0 Å². The fourth-order valence-electron chi connectivity index (χ4n) is 2.84. The second-order valence-corrected chi connectivity index (χ2v) is 7.81. The Morgan fingerprint density at radius 3 is 2.23 bits per heavy atom. The number of piperazine rings is 1. The molecule has 0 bridgehead atoms. The summed E-state index contributed by atoms with van der Waals surface area (Å²) in [7, 11) is 0. The van der Waals surface area contributed by atoms with Crippen LogP contribution >= 0.6 is 0 Å². The van der Waals surface area contributed by atoms with E-state index in [1.54, 1.807) is 27.7 Å². The number of carbonyl (C=O) groups is 5. The van der Waals surface area contributed by atoms with Gasteiger partial charge in [-0.1, -0.05) is 12.1 Å². The molecule has 2 rings (SSSR count). The number of likely N-dealkylation sites (N-methyl/N-ethyl adjacent to an activating group) is 1. The van der Waals surface area contributed by atoms with Crippen LogP contribution in [-0.2, 0) is 19.1 Å². The number of anilines is 1. The molecule has 5 amide bonds. The van der Waals surface area contributed by atoms with Crippen molar-refractivity contribution in [1.29, 1.82) is 0 Å². The molecule has 11 nitrogen and oxygen atoms in total. The van der Waals surface area contributed by atoms with Gasteiger partial charge in [0.25, 0.3) is 0 Å². The number of nitrogens with zero attached hydrogens (tertiary/aromatic N) is 2. The first-order valence-electron chi connectivity index (χ1n) is 9.67. The van der Waals surface area contributed by atoms with Crippen LogP contribution in [0.3, 0.4) is 0 Å². The standard InChI is InChI=1S/C20H26N4O7/c1-5-23-10-11-24(16(26)15(23)25)18(29)22-14(17(27)28)12-6-8-13(9-7-12)21-19(30)31-20(2,3)4/h6-9,14H,5,10-11H2,1-4H3,(H,21,30)(H,22,29)(H,27,28)/t14-/m1/s1. The van der Waals surface area contributed by atoms with Crippen LogP contribution in [0.2, 0.25) is 0 Å². The summed E-state index contributed by atoms with van der Waals surface area (Å²) in [5.74, 6) is -3.17. The van der Waals surface area contributed by atoms with Crippen LogP contribution < -0.4 is 10.6 Å². The number of imide groups is 1. The Balaban J connectivity index is 2.08. The maximum Gasteiger partial charge on any atom is 0.412 e. The van der Waals surface area contributed by atoms with Gasteiger partial charge >= 0.3 is 29.9 Å². The molecule has 3 N–H and O–H groups in total. The maximum absolute atomic E-state index is 12.5. The number of urea groups is 1. The van der Waals surface area contributed by atoms with Gasteiger partial charge < -0.3 is 20.1 Å². The van der Waals surface area contributed by atoms with E-state index < -0.39 is 41.6 Å². The molecule has 11 heteroatoms. The Bertz CT molecular complexity index is 877. The molecular formula is C20H26N4O7. The molecule has 1 atom stereocenters. The summed E-state index contributed by atoms with van der Waals surface area (Å²) in [6.07, 6.45) is -0.669. The van der Waals surface area contributed by atoms with Crippen molar-refractivity contribution >= 4 is 35.6 Å². The molecule has 0 saturated carbocycles. The number of carboxylic acids is 1. The minimum atomic E-state index is -1.46. The van der Waals surface area contributed by atoms with Crippen molar-refractivity contribution in [1.82, 2.24) is 15.1 Å². The number of amides is 5. The Kier molecular flexibility index (Phi) is 7.21. The third-order valence-corrected chi connectivity index (χ3v) is 4.34. The maximum atomic E-state index is 12.5. The summed E-state index contributed by atoms with van der Waals surface area (Å²) >= 11 is 0. The fourth-order valence-corrected chi connectivity index (χ4v) is 2.84. The normalized spacial score (nSPS) is 15.4. The molecule has 0 radical (unpaired) electrons. The lowest BCUT2D eigenvalue weighted by Gasteiger charge is -2.32. The number of aliphatic carboxylic acids is 1. The zero-order chi connectivity index (χ0) is 23.3. The third-order valence-electron chi connectivity index (χ3n) is 4.34. The molecule has 1 aromatic rings.